The summed E-state index contributed by atoms with van der Waals surface area (Å²) in [6.07, 6.45) is 1.87. The first-order valence-corrected chi connectivity index (χ1v) is 5.79. The summed E-state index contributed by atoms with van der Waals surface area (Å²) in [5.41, 5.74) is 4.65. The summed E-state index contributed by atoms with van der Waals surface area (Å²) in [6.45, 7) is 1.72. The van der Waals surface area contributed by atoms with Crippen molar-refractivity contribution in [2.75, 3.05) is 11.5 Å². The Morgan fingerprint density at radius 1 is 1.50 bits per heavy atom. The Morgan fingerprint density at radius 2 is 1.90 bits per heavy atom. The lowest BCUT2D eigenvalue weighted by molar-refractivity contribution is -0.117. The summed E-state index contributed by atoms with van der Waals surface area (Å²) in [7, 11) is 3.98. The van der Waals surface area contributed by atoms with Crippen LogP contribution < -0.4 is 5.73 Å². The molecule has 0 aromatic rings. The van der Waals surface area contributed by atoms with Gasteiger partial charge in [-0.2, -0.15) is 0 Å². The van der Waals surface area contributed by atoms with E-state index in [1.165, 1.54) is 17.9 Å². The topological polar surface area (TPSA) is 43.1 Å². The Hall–Kier alpha value is 0.170. The van der Waals surface area contributed by atoms with Crippen LogP contribution in [0.15, 0.2) is 0 Å². The Kier molecular flexibility index (Phi) is 7.40. The van der Waals surface area contributed by atoms with Crippen LogP contribution in [-0.2, 0) is 4.79 Å². The molecule has 1 aliphatic rings. The zero-order valence-corrected chi connectivity index (χ0v) is 7.76. The second-order valence-electron chi connectivity index (χ2n) is 1.82. The number of primary amides is 1. The predicted molar refractivity (Wildman–Crippen MR) is 49.0 cm³/mol. The van der Waals surface area contributed by atoms with Gasteiger partial charge in [0.15, 0.2) is 0 Å². The first-order valence-electron chi connectivity index (χ1n) is 3.30. The summed E-state index contributed by atoms with van der Waals surface area (Å²) in [5, 5.41) is 0. The van der Waals surface area contributed by atoms with Gasteiger partial charge in [0.05, 0.1) is 0 Å². The van der Waals surface area contributed by atoms with Crippen molar-refractivity contribution in [3.63, 3.8) is 0 Å². The van der Waals surface area contributed by atoms with Gasteiger partial charge in [-0.15, -0.1) is 0 Å². The molecule has 0 aromatic carbocycles. The molecule has 1 amide bonds. The lowest BCUT2D eigenvalue weighted by Gasteiger charge is -1.73. The predicted octanol–water partition coefficient (Wildman–Crippen LogP) is 1.65. The highest BCUT2D eigenvalue weighted by molar-refractivity contribution is 8.77. The molecule has 0 radical (unpaired) electrons. The van der Waals surface area contributed by atoms with E-state index in [0.717, 1.165) is 0 Å². The fraction of sp³-hybridized carbons (Fsp3) is 0.833. The minimum absolute atomic E-state index is 0.245. The number of rotatable bonds is 1. The highest BCUT2D eigenvalue weighted by Gasteiger charge is 1.96. The Balaban J connectivity index is 0.000000162. The minimum Gasteiger partial charge on any atom is -0.370 e. The van der Waals surface area contributed by atoms with Crippen molar-refractivity contribution in [1.29, 1.82) is 0 Å². The average Bonchev–Trinajstić information content (AvgIpc) is 2.43. The van der Waals surface area contributed by atoms with Crippen LogP contribution >= 0.6 is 21.6 Å². The van der Waals surface area contributed by atoms with E-state index in [2.05, 4.69) is 5.73 Å². The fourth-order valence-electron chi connectivity index (χ4n) is 0.295. The molecule has 0 aliphatic carbocycles. The first-order chi connectivity index (χ1) is 4.77. The van der Waals surface area contributed by atoms with Crippen LogP contribution in [0, 0.1) is 0 Å². The van der Waals surface area contributed by atoms with Gasteiger partial charge in [0.1, 0.15) is 0 Å². The zero-order valence-electron chi connectivity index (χ0n) is 6.13. The van der Waals surface area contributed by atoms with Crippen LogP contribution in [0.5, 0.6) is 0 Å². The Bertz CT molecular complexity index is 86.1. The summed E-state index contributed by atoms with van der Waals surface area (Å²) < 4.78 is 0. The van der Waals surface area contributed by atoms with E-state index >= 15 is 0 Å². The monoisotopic (exact) mass is 179 g/mol. The summed E-state index contributed by atoms with van der Waals surface area (Å²) >= 11 is 0. The molecule has 10 heavy (non-hydrogen) atoms. The molecule has 1 heterocycles. The van der Waals surface area contributed by atoms with Gasteiger partial charge in [-0.25, -0.2) is 0 Å². The average molecular weight is 179 g/mol. The summed E-state index contributed by atoms with van der Waals surface area (Å²) in [6, 6.07) is 0. The summed E-state index contributed by atoms with van der Waals surface area (Å²) in [4.78, 5) is 9.59. The van der Waals surface area contributed by atoms with Crippen molar-refractivity contribution < 1.29 is 4.79 Å². The normalized spacial score (nSPS) is 15.7. The molecule has 0 unspecified atom stereocenters. The molecule has 60 valence electrons. The van der Waals surface area contributed by atoms with Crippen LogP contribution in [0.3, 0.4) is 0 Å². The zero-order chi connectivity index (χ0) is 7.82. The number of hydrogen-bond acceptors (Lipinski definition) is 3. The van der Waals surface area contributed by atoms with Gasteiger partial charge in [0.25, 0.3) is 0 Å². The van der Waals surface area contributed by atoms with E-state index in [4.69, 9.17) is 0 Å². The molecule has 0 atom stereocenters. The van der Waals surface area contributed by atoms with Crippen LogP contribution in [-0.4, -0.2) is 17.4 Å². The molecule has 4 heteroatoms. The number of hydrogen-bond donors (Lipinski definition) is 1. The van der Waals surface area contributed by atoms with Gasteiger partial charge in [0, 0.05) is 17.9 Å². The molecule has 1 fully saturated rings. The second kappa shape index (κ2) is 7.28. The maximum absolute atomic E-state index is 9.59. The Morgan fingerprint density at radius 3 is 2.00 bits per heavy atom. The van der Waals surface area contributed by atoms with E-state index < -0.39 is 0 Å². The third-order valence-electron chi connectivity index (χ3n) is 0.887. The molecule has 0 bridgehead atoms. The number of amides is 1. The smallest absolute Gasteiger partial charge is 0.217 e. The van der Waals surface area contributed by atoms with Crippen LogP contribution in [0.4, 0.5) is 0 Å². The fourth-order valence-corrected chi connectivity index (χ4v) is 2.65. The van der Waals surface area contributed by atoms with Crippen LogP contribution in [0.1, 0.15) is 19.8 Å². The van der Waals surface area contributed by atoms with E-state index in [9.17, 15) is 4.79 Å². The first kappa shape index (κ1) is 10.2. The number of carbonyl (C=O) groups is 1. The Labute approximate surface area is 69.7 Å². The molecular weight excluding hydrogens is 166 g/mol. The van der Waals surface area contributed by atoms with E-state index in [0.29, 0.717) is 6.42 Å². The molecule has 1 saturated heterocycles. The van der Waals surface area contributed by atoms with E-state index in [1.54, 1.807) is 6.92 Å². The van der Waals surface area contributed by atoms with Gasteiger partial charge >= 0.3 is 0 Å². The van der Waals surface area contributed by atoms with Crippen molar-refractivity contribution in [2.45, 2.75) is 19.8 Å². The SMILES string of the molecule is C1CSSC1.CCC(N)=O. The van der Waals surface area contributed by atoms with Crippen molar-refractivity contribution >= 4 is 27.5 Å². The van der Waals surface area contributed by atoms with Crippen LogP contribution in [0.2, 0.25) is 0 Å². The van der Waals surface area contributed by atoms with Gasteiger partial charge in [-0.3, -0.25) is 4.79 Å². The van der Waals surface area contributed by atoms with Crippen LogP contribution in [0.25, 0.3) is 0 Å². The van der Waals surface area contributed by atoms with Gasteiger partial charge < -0.3 is 5.73 Å². The van der Waals surface area contributed by atoms with Crippen molar-refractivity contribution in [2.24, 2.45) is 5.73 Å². The van der Waals surface area contributed by atoms with Gasteiger partial charge in [-0.05, 0) is 6.42 Å². The van der Waals surface area contributed by atoms with Crippen molar-refractivity contribution in [1.82, 2.24) is 0 Å². The third kappa shape index (κ3) is 8.17. The lowest BCUT2D eigenvalue weighted by Crippen LogP contribution is -2.06. The standard InChI is InChI=1S/C3H7NO.C3H6S2/c1-2-3(4)5;1-2-4-5-3-1/h2H2,1H3,(H2,4,5);1-3H2. The van der Waals surface area contributed by atoms with E-state index in [1.807, 2.05) is 21.6 Å². The molecule has 2 nitrogen and oxygen atoms in total. The lowest BCUT2D eigenvalue weighted by atomic mass is 10.5. The molecule has 1 aliphatic heterocycles. The molecule has 2 N–H and O–H groups in total. The number of carbonyl (C=O) groups excluding carboxylic acids is 1. The second-order valence-corrected chi connectivity index (χ2v) is 4.52. The van der Waals surface area contributed by atoms with Gasteiger partial charge in [-0.1, -0.05) is 28.5 Å². The quantitative estimate of drug-likeness (QED) is 0.622. The molecule has 1 rings (SSSR count). The highest BCUT2D eigenvalue weighted by atomic mass is 33.1. The van der Waals surface area contributed by atoms with Crippen molar-refractivity contribution in [3.8, 4) is 0 Å². The molecule has 0 spiro atoms. The largest absolute Gasteiger partial charge is 0.370 e. The minimum atomic E-state index is -0.245. The van der Waals surface area contributed by atoms with E-state index in [-0.39, 0.29) is 5.91 Å². The molecule has 0 saturated carbocycles. The van der Waals surface area contributed by atoms with Gasteiger partial charge in [0.2, 0.25) is 5.91 Å². The highest BCUT2D eigenvalue weighted by Crippen LogP contribution is 2.29. The summed E-state index contributed by atoms with van der Waals surface area (Å²) in [5.74, 6) is 2.51. The van der Waals surface area contributed by atoms with Crippen molar-refractivity contribution in [3.05, 3.63) is 0 Å². The third-order valence-corrected chi connectivity index (χ3v) is 3.46. The number of nitrogens with two attached hydrogens (primary N) is 1. The maximum atomic E-state index is 9.59. The maximum Gasteiger partial charge on any atom is 0.217 e. The molecule has 0 aromatic heterocycles. The molecular formula is C6H13NOS2.